The van der Waals surface area contributed by atoms with Gasteiger partial charge in [-0.25, -0.2) is 4.98 Å². The third-order valence-corrected chi connectivity index (χ3v) is 4.17. The van der Waals surface area contributed by atoms with Crippen LogP contribution in [0.1, 0.15) is 26.0 Å². The Labute approximate surface area is 111 Å². The second-order valence-electron chi connectivity index (χ2n) is 5.36. The van der Waals surface area contributed by atoms with Gasteiger partial charge in [0.15, 0.2) is 5.13 Å². The van der Waals surface area contributed by atoms with E-state index in [0.29, 0.717) is 11.7 Å². The van der Waals surface area contributed by atoms with E-state index in [1.165, 1.54) is 11.3 Å². The fourth-order valence-electron chi connectivity index (χ4n) is 1.96. The quantitative estimate of drug-likeness (QED) is 0.869. The fourth-order valence-corrected chi connectivity index (χ4v) is 2.92. The highest BCUT2D eigenvalue weighted by Gasteiger charge is 2.32. The van der Waals surface area contributed by atoms with Gasteiger partial charge in [0.05, 0.1) is 5.69 Å². The first-order valence-corrected chi connectivity index (χ1v) is 6.92. The van der Waals surface area contributed by atoms with E-state index >= 15 is 0 Å². The normalized spacial score (nSPS) is 21.2. The first-order valence-electron chi connectivity index (χ1n) is 6.04. The molecule has 0 spiro atoms. The van der Waals surface area contributed by atoms with E-state index in [9.17, 15) is 4.79 Å². The molecule has 6 heteroatoms. The summed E-state index contributed by atoms with van der Waals surface area (Å²) in [4.78, 5) is 17.8. The molecule has 0 aliphatic carbocycles. The summed E-state index contributed by atoms with van der Waals surface area (Å²) >= 11 is 1.48. The minimum Gasteiger partial charge on any atom is -0.481 e. The van der Waals surface area contributed by atoms with Crippen LogP contribution in [0.3, 0.4) is 0 Å². The van der Waals surface area contributed by atoms with E-state index in [1.807, 2.05) is 5.38 Å². The van der Waals surface area contributed by atoms with Gasteiger partial charge in [-0.2, -0.15) is 0 Å². The minimum absolute atomic E-state index is 0.418. The molecule has 0 aromatic carbocycles. The van der Waals surface area contributed by atoms with Crippen molar-refractivity contribution in [2.75, 3.05) is 25.5 Å². The molecule has 1 unspecified atom stereocenters. The van der Waals surface area contributed by atoms with Gasteiger partial charge in [0.2, 0.25) is 0 Å². The van der Waals surface area contributed by atoms with E-state index in [4.69, 9.17) is 5.11 Å². The number of thiazole rings is 1. The number of nitrogens with zero attached hydrogens (tertiary/aromatic N) is 2. The molecule has 1 aliphatic heterocycles. The average Bonchev–Trinajstić information content (AvgIpc) is 2.88. The molecular weight excluding hydrogens is 250 g/mol. The van der Waals surface area contributed by atoms with Gasteiger partial charge >= 0.3 is 5.97 Å². The molecule has 100 valence electrons. The molecule has 2 heterocycles. The SMILES string of the molecule is CN1CCC(Nc2nc(C(C)(C)C(=O)O)cs2)C1. The summed E-state index contributed by atoms with van der Waals surface area (Å²) in [6.45, 7) is 5.46. The number of aromatic nitrogens is 1. The van der Waals surface area contributed by atoms with Gasteiger partial charge in [-0.15, -0.1) is 11.3 Å². The summed E-state index contributed by atoms with van der Waals surface area (Å²) in [5.74, 6) is -0.847. The van der Waals surface area contributed by atoms with Crippen molar-refractivity contribution < 1.29 is 9.90 Å². The summed E-state index contributed by atoms with van der Waals surface area (Å²) < 4.78 is 0. The van der Waals surface area contributed by atoms with E-state index in [0.717, 1.165) is 24.6 Å². The predicted molar refractivity (Wildman–Crippen MR) is 72.3 cm³/mol. The van der Waals surface area contributed by atoms with Crippen LogP contribution in [0.15, 0.2) is 5.38 Å². The van der Waals surface area contributed by atoms with E-state index in [1.54, 1.807) is 13.8 Å². The zero-order valence-corrected chi connectivity index (χ0v) is 11.8. The lowest BCUT2D eigenvalue weighted by Gasteiger charge is -2.16. The maximum absolute atomic E-state index is 11.2. The first-order chi connectivity index (χ1) is 8.39. The lowest BCUT2D eigenvalue weighted by Crippen LogP contribution is -2.29. The van der Waals surface area contributed by atoms with Gasteiger partial charge in [0.25, 0.3) is 0 Å². The van der Waals surface area contributed by atoms with Crippen LogP contribution >= 0.6 is 11.3 Å². The largest absolute Gasteiger partial charge is 0.481 e. The monoisotopic (exact) mass is 269 g/mol. The molecule has 1 aliphatic rings. The number of likely N-dealkylation sites (N-methyl/N-ethyl adjacent to an activating group) is 1. The van der Waals surface area contributed by atoms with E-state index in [-0.39, 0.29) is 0 Å². The number of carbonyl (C=O) groups is 1. The minimum atomic E-state index is -0.928. The van der Waals surface area contributed by atoms with Crippen molar-refractivity contribution in [1.29, 1.82) is 0 Å². The molecule has 0 radical (unpaired) electrons. The number of carboxylic acids is 1. The molecule has 2 N–H and O–H groups in total. The lowest BCUT2D eigenvalue weighted by molar-refractivity contribution is -0.142. The Morgan fingerprint density at radius 1 is 1.67 bits per heavy atom. The van der Waals surface area contributed by atoms with Crippen molar-refractivity contribution in [3.05, 3.63) is 11.1 Å². The molecule has 1 atom stereocenters. The van der Waals surface area contributed by atoms with Gasteiger partial charge in [-0.1, -0.05) is 0 Å². The van der Waals surface area contributed by atoms with Gasteiger partial charge < -0.3 is 15.3 Å². The Balaban J connectivity index is 2.04. The molecule has 1 aromatic heterocycles. The second kappa shape index (κ2) is 4.85. The Kier molecular flexibility index (Phi) is 3.59. The third-order valence-electron chi connectivity index (χ3n) is 3.40. The molecule has 5 nitrogen and oxygen atoms in total. The van der Waals surface area contributed by atoms with Crippen LogP contribution in [0.5, 0.6) is 0 Å². The van der Waals surface area contributed by atoms with Gasteiger partial charge in [-0.05, 0) is 33.9 Å². The Bertz CT molecular complexity index is 444. The second-order valence-corrected chi connectivity index (χ2v) is 6.22. The highest BCUT2D eigenvalue weighted by molar-refractivity contribution is 7.13. The molecule has 0 bridgehead atoms. The van der Waals surface area contributed by atoms with Crippen molar-refractivity contribution in [3.8, 4) is 0 Å². The highest BCUT2D eigenvalue weighted by Crippen LogP contribution is 2.28. The Hall–Kier alpha value is -1.14. The molecule has 2 rings (SSSR count). The summed E-state index contributed by atoms with van der Waals surface area (Å²) in [6.07, 6.45) is 1.10. The van der Waals surface area contributed by atoms with Gasteiger partial charge in [0.1, 0.15) is 5.41 Å². The predicted octanol–water partition coefficient (Wildman–Crippen LogP) is 1.62. The van der Waals surface area contributed by atoms with Crippen molar-refractivity contribution in [2.24, 2.45) is 0 Å². The van der Waals surface area contributed by atoms with Crippen LogP contribution in [0.25, 0.3) is 0 Å². The highest BCUT2D eigenvalue weighted by atomic mass is 32.1. The van der Waals surface area contributed by atoms with E-state index < -0.39 is 11.4 Å². The smallest absolute Gasteiger partial charge is 0.315 e. The van der Waals surface area contributed by atoms with Crippen LogP contribution in [0, 0.1) is 0 Å². The van der Waals surface area contributed by atoms with Crippen LogP contribution in [-0.4, -0.2) is 47.1 Å². The first kappa shape index (κ1) is 13.3. The zero-order valence-electron chi connectivity index (χ0n) is 10.9. The van der Waals surface area contributed by atoms with Crippen molar-refractivity contribution in [1.82, 2.24) is 9.88 Å². The zero-order chi connectivity index (χ0) is 13.3. The van der Waals surface area contributed by atoms with E-state index in [2.05, 4.69) is 22.2 Å². The van der Waals surface area contributed by atoms with Crippen LogP contribution in [0.2, 0.25) is 0 Å². The Morgan fingerprint density at radius 2 is 2.39 bits per heavy atom. The molecule has 0 amide bonds. The molecule has 1 fully saturated rings. The molecule has 0 saturated carbocycles. The van der Waals surface area contributed by atoms with Gasteiger partial charge in [-0.3, -0.25) is 4.79 Å². The molecule has 1 saturated heterocycles. The summed E-state index contributed by atoms with van der Waals surface area (Å²) in [6, 6.07) is 0.418. The summed E-state index contributed by atoms with van der Waals surface area (Å²) in [7, 11) is 2.10. The van der Waals surface area contributed by atoms with Crippen molar-refractivity contribution >= 4 is 22.4 Å². The topological polar surface area (TPSA) is 65.5 Å². The van der Waals surface area contributed by atoms with Crippen LogP contribution in [-0.2, 0) is 10.2 Å². The molecular formula is C12H19N3O2S. The Morgan fingerprint density at radius 3 is 2.94 bits per heavy atom. The number of carboxylic acid groups (broad SMARTS) is 1. The number of hydrogen-bond acceptors (Lipinski definition) is 5. The van der Waals surface area contributed by atoms with Crippen LogP contribution in [0.4, 0.5) is 5.13 Å². The maximum atomic E-state index is 11.2. The number of likely N-dealkylation sites (tertiary alicyclic amines) is 1. The lowest BCUT2D eigenvalue weighted by atomic mass is 9.90. The number of anilines is 1. The maximum Gasteiger partial charge on any atom is 0.315 e. The van der Waals surface area contributed by atoms with Gasteiger partial charge in [0, 0.05) is 18.0 Å². The number of aliphatic carboxylic acids is 1. The third kappa shape index (κ3) is 2.64. The van der Waals surface area contributed by atoms with Crippen molar-refractivity contribution in [2.45, 2.75) is 31.7 Å². The molecule has 1 aromatic rings. The standard InChI is InChI=1S/C12H19N3O2S/c1-12(2,10(16)17)9-7-18-11(14-9)13-8-4-5-15(3)6-8/h7-8H,4-6H2,1-3H3,(H,13,14)(H,16,17). The number of nitrogens with one attached hydrogen (secondary N) is 1. The number of rotatable bonds is 4. The molecule has 18 heavy (non-hydrogen) atoms. The van der Waals surface area contributed by atoms with Crippen LogP contribution < -0.4 is 5.32 Å². The summed E-state index contributed by atoms with van der Waals surface area (Å²) in [5, 5.41) is 15.2. The summed E-state index contributed by atoms with van der Waals surface area (Å²) in [5.41, 5.74) is -0.308. The fraction of sp³-hybridized carbons (Fsp3) is 0.667. The van der Waals surface area contributed by atoms with Crippen molar-refractivity contribution in [3.63, 3.8) is 0 Å². The number of hydrogen-bond donors (Lipinski definition) is 2. The average molecular weight is 269 g/mol.